The standard InChI is InChI=1S/C18H16F6N2/c19-17(20,21)12-9-13(18(22,23)24)16-14(10-12)25-15(26-16)8-4-7-11-5-2-1-3-6-11/h1-3,5-6,9-10,15,25-26H,4,7-8H2. The van der Waals surface area contributed by atoms with E-state index in [9.17, 15) is 26.3 Å². The highest BCUT2D eigenvalue weighted by atomic mass is 19.4. The van der Waals surface area contributed by atoms with Gasteiger partial charge in [-0.25, -0.2) is 0 Å². The quantitative estimate of drug-likeness (QED) is 0.650. The van der Waals surface area contributed by atoms with Gasteiger partial charge in [0.2, 0.25) is 0 Å². The summed E-state index contributed by atoms with van der Waals surface area (Å²) in [5.41, 5.74) is -2.02. The molecule has 1 heterocycles. The van der Waals surface area contributed by atoms with Crippen molar-refractivity contribution in [3.05, 3.63) is 59.2 Å². The summed E-state index contributed by atoms with van der Waals surface area (Å²) < 4.78 is 78.2. The van der Waals surface area contributed by atoms with Gasteiger partial charge >= 0.3 is 12.4 Å². The van der Waals surface area contributed by atoms with Crippen molar-refractivity contribution in [2.24, 2.45) is 0 Å². The normalized spacial score (nSPS) is 16.8. The van der Waals surface area contributed by atoms with Gasteiger partial charge in [-0.1, -0.05) is 30.3 Å². The molecule has 0 aliphatic carbocycles. The van der Waals surface area contributed by atoms with Crippen LogP contribution in [-0.2, 0) is 18.8 Å². The van der Waals surface area contributed by atoms with Crippen molar-refractivity contribution in [2.45, 2.75) is 37.8 Å². The molecule has 0 radical (unpaired) electrons. The maximum absolute atomic E-state index is 13.2. The highest BCUT2D eigenvalue weighted by Gasteiger charge is 2.41. The van der Waals surface area contributed by atoms with Crippen LogP contribution in [0.2, 0.25) is 0 Å². The molecular weight excluding hydrogens is 358 g/mol. The van der Waals surface area contributed by atoms with Crippen molar-refractivity contribution in [3.8, 4) is 0 Å². The van der Waals surface area contributed by atoms with Gasteiger partial charge < -0.3 is 10.6 Å². The Bertz CT molecular complexity index is 768. The molecule has 0 saturated heterocycles. The first-order chi connectivity index (χ1) is 12.1. The summed E-state index contributed by atoms with van der Waals surface area (Å²) in [4.78, 5) is 0. The zero-order valence-corrected chi connectivity index (χ0v) is 13.5. The Hall–Kier alpha value is -2.38. The Morgan fingerprint density at radius 2 is 1.54 bits per heavy atom. The molecule has 2 aromatic carbocycles. The Kier molecular flexibility index (Phi) is 4.77. The fraction of sp³-hybridized carbons (Fsp3) is 0.333. The number of halogens is 6. The van der Waals surface area contributed by atoms with Crippen LogP contribution in [-0.4, -0.2) is 6.17 Å². The predicted octanol–water partition coefficient (Wildman–Crippen LogP) is 5.91. The topological polar surface area (TPSA) is 24.1 Å². The third kappa shape index (κ3) is 4.05. The third-order valence-corrected chi connectivity index (χ3v) is 4.22. The minimum atomic E-state index is -4.88. The smallest absolute Gasteiger partial charge is 0.364 e. The zero-order chi connectivity index (χ0) is 18.9. The molecule has 0 aromatic heterocycles. The Morgan fingerprint density at radius 1 is 0.846 bits per heavy atom. The van der Waals surface area contributed by atoms with Gasteiger partial charge in [0.1, 0.15) is 0 Å². The molecule has 0 fully saturated rings. The van der Waals surface area contributed by atoms with Crippen LogP contribution in [0.4, 0.5) is 37.7 Å². The molecule has 1 atom stereocenters. The molecule has 1 unspecified atom stereocenters. The number of hydrogen-bond acceptors (Lipinski definition) is 2. The molecule has 2 N–H and O–H groups in total. The summed E-state index contributed by atoms with van der Waals surface area (Å²) in [5.74, 6) is 0. The lowest BCUT2D eigenvalue weighted by atomic mass is 10.1. The van der Waals surface area contributed by atoms with Crippen LogP contribution in [0.5, 0.6) is 0 Å². The number of fused-ring (bicyclic) bond motifs is 1. The summed E-state index contributed by atoms with van der Waals surface area (Å²) in [7, 11) is 0. The second-order valence-electron chi connectivity index (χ2n) is 6.16. The van der Waals surface area contributed by atoms with Crippen molar-refractivity contribution in [3.63, 3.8) is 0 Å². The first-order valence-electron chi connectivity index (χ1n) is 8.04. The Morgan fingerprint density at radius 3 is 2.15 bits per heavy atom. The number of anilines is 2. The van der Waals surface area contributed by atoms with E-state index in [0.29, 0.717) is 12.8 Å². The van der Waals surface area contributed by atoms with Gasteiger partial charge in [0.15, 0.2) is 0 Å². The molecule has 140 valence electrons. The van der Waals surface area contributed by atoms with Crippen LogP contribution < -0.4 is 10.6 Å². The van der Waals surface area contributed by atoms with Crippen LogP contribution in [0.25, 0.3) is 0 Å². The summed E-state index contributed by atoms with van der Waals surface area (Å²) in [6, 6.07) is 10.4. The summed E-state index contributed by atoms with van der Waals surface area (Å²) in [5, 5.41) is 5.41. The summed E-state index contributed by atoms with van der Waals surface area (Å²) in [6.45, 7) is 0. The maximum Gasteiger partial charge on any atom is 0.418 e. The molecule has 0 amide bonds. The van der Waals surface area contributed by atoms with Gasteiger partial charge in [0, 0.05) is 0 Å². The van der Waals surface area contributed by atoms with E-state index in [0.717, 1.165) is 18.1 Å². The van der Waals surface area contributed by atoms with Gasteiger partial charge in [0.25, 0.3) is 0 Å². The van der Waals surface area contributed by atoms with E-state index in [1.165, 1.54) is 0 Å². The maximum atomic E-state index is 13.2. The predicted molar refractivity (Wildman–Crippen MR) is 86.9 cm³/mol. The van der Waals surface area contributed by atoms with Gasteiger partial charge in [-0.15, -0.1) is 0 Å². The molecule has 2 aromatic rings. The Labute approximate surface area is 146 Å². The first kappa shape index (κ1) is 18.4. The van der Waals surface area contributed by atoms with Gasteiger partial charge in [-0.3, -0.25) is 0 Å². The van der Waals surface area contributed by atoms with Crippen LogP contribution in [0.15, 0.2) is 42.5 Å². The largest absolute Gasteiger partial charge is 0.418 e. The fourth-order valence-electron chi connectivity index (χ4n) is 3.00. The third-order valence-electron chi connectivity index (χ3n) is 4.22. The number of rotatable bonds is 4. The van der Waals surface area contributed by atoms with E-state index in [2.05, 4.69) is 10.6 Å². The van der Waals surface area contributed by atoms with Crippen molar-refractivity contribution in [2.75, 3.05) is 10.6 Å². The highest BCUT2D eigenvalue weighted by molar-refractivity contribution is 5.79. The Balaban J connectivity index is 1.74. The van der Waals surface area contributed by atoms with Crippen molar-refractivity contribution in [1.29, 1.82) is 0 Å². The van der Waals surface area contributed by atoms with E-state index >= 15 is 0 Å². The summed E-state index contributed by atoms with van der Waals surface area (Å²) in [6.07, 6.45) is -8.38. The lowest BCUT2D eigenvalue weighted by Gasteiger charge is -2.15. The van der Waals surface area contributed by atoms with Gasteiger partial charge in [0.05, 0.1) is 28.7 Å². The van der Waals surface area contributed by atoms with Crippen LogP contribution in [0.3, 0.4) is 0 Å². The van der Waals surface area contributed by atoms with Crippen LogP contribution in [0.1, 0.15) is 29.5 Å². The SMILES string of the molecule is FC(F)(F)c1cc2c(c(C(F)(F)F)c1)NC(CCCc1ccccc1)N2. The minimum Gasteiger partial charge on any atom is -0.364 e. The van der Waals surface area contributed by atoms with Gasteiger partial charge in [-0.05, 0) is 37.0 Å². The number of hydrogen-bond donors (Lipinski definition) is 2. The second-order valence-corrected chi connectivity index (χ2v) is 6.16. The molecule has 2 nitrogen and oxygen atoms in total. The van der Waals surface area contributed by atoms with Gasteiger partial charge in [-0.2, -0.15) is 26.3 Å². The number of nitrogens with one attached hydrogen (secondary N) is 2. The zero-order valence-electron chi connectivity index (χ0n) is 13.5. The van der Waals surface area contributed by atoms with Crippen molar-refractivity contribution >= 4 is 11.4 Å². The molecule has 1 aliphatic heterocycles. The second kappa shape index (κ2) is 6.74. The average Bonchev–Trinajstić information content (AvgIpc) is 2.95. The highest BCUT2D eigenvalue weighted by Crippen LogP contribution is 2.45. The fourth-order valence-corrected chi connectivity index (χ4v) is 3.00. The van der Waals surface area contributed by atoms with Crippen molar-refractivity contribution < 1.29 is 26.3 Å². The molecule has 1 aliphatic rings. The van der Waals surface area contributed by atoms with Crippen LogP contribution in [0, 0.1) is 0 Å². The first-order valence-corrected chi connectivity index (χ1v) is 8.04. The molecule has 0 saturated carbocycles. The molecule has 8 heteroatoms. The van der Waals surface area contributed by atoms with E-state index in [1.54, 1.807) is 0 Å². The van der Waals surface area contributed by atoms with E-state index in [-0.39, 0.29) is 17.4 Å². The van der Waals surface area contributed by atoms with Crippen LogP contribution >= 0.6 is 0 Å². The molecule has 3 rings (SSSR count). The number of aryl methyl sites for hydroxylation is 1. The van der Waals surface area contributed by atoms with E-state index in [4.69, 9.17) is 0 Å². The summed E-state index contributed by atoms with van der Waals surface area (Å²) >= 11 is 0. The lowest BCUT2D eigenvalue weighted by Crippen LogP contribution is -2.22. The van der Waals surface area contributed by atoms with Crippen molar-refractivity contribution in [1.82, 2.24) is 0 Å². The molecule has 0 spiro atoms. The van der Waals surface area contributed by atoms with E-state index in [1.807, 2.05) is 30.3 Å². The molecular formula is C18H16F6N2. The number of alkyl halides is 6. The molecule has 26 heavy (non-hydrogen) atoms. The molecule has 0 bridgehead atoms. The monoisotopic (exact) mass is 374 g/mol. The average molecular weight is 374 g/mol. The minimum absolute atomic E-state index is 0.153. The lowest BCUT2D eigenvalue weighted by molar-refractivity contribution is -0.142. The van der Waals surface area contributed by atoms with E-state index < -0.39 is 29.6 Å². The number of benzene rings is 2.